The van der Waals surface area contributed by atoms with Crippen molar-refractivity contribution >= 4 is 21.6 Å². The van der Waals surface area contributed by atoms with Gasteiger partial charge in [0.1, 0.15) is 6.33 Å². The first-order valence-corrected chi connectivity index (χ1v) is 3.47. The predicted molar refractivity (Wildman–Crippen MR) is 38.5 cm³/mol. The Bertz CT molecular complexity index is 355. The summed E-state index contributed by atoms with van der Waals surface area (Å²) in [5, 5.41) is 3.93. The largest absolute Gasteiger partial charge is 0.210 e. The highest BCUT2D eigenvalue weighted by Gasteiger charge is 1.94. The van der Waals surface area contributed by atoms with Crippen molar-refractivity contribution in [3.63, 3.8) is 0 Å². The van der Waals surface area contributed by atoms with E-state index in [4.69, 9.17) is 0 Å². The van der Waals surface area contributed by atoms with E-state index in [2.05, 4.69) is 31.0 Å². The summed E-state index contributed by atoms with van der Waals surface area (Å²) in [6, 6.07) is 1.81. The lowest BCUT2D eigenvalue weighted by molar-refractivity contribution is 0.879. The van der Waals surface area contributed by atoms with Crippen LogP contribution >= 0.6 is 15.9 Å². The zero-order valence-electron chi connectivity index (χ0n) is 4.90. The molecule has 4 nitrogen and oxygen atoms in total. The Hall–Kier alpha value is -0.970. The maximum atomic E-state index is 4.04. The van der Waals surface area contributed by atoms with Crippen molar-refractivity contribution in [2.24, 2.45) is 0 Å². The zero-order chi connectivity index (χ0) is 6.97. The highest BCUT2D eigenvalue weighted by molar-refractivity contribution is 9.10. The van der Waals surface area contributed by atoms with Gasteiger partial charge >= 0.3 is 0 Å². The maximum absolute atomic E-state index is 4.04. The molecule has 0 aliphatic heterocycles. The number of aromatic nitrogens is 4. The van der Waals surface area contributed by atoms with Crippen molar-refractivity contribution in [3.8, 4) is 0 Å². The fraction of sp³-hybridized carbons (Fsp3) is 0. The molecule has 0 fully saturated rings. The molecule has 0 amide bonds. The summed E-state index contributed by atoms with van der Waals surface area (Å²) >= 11 is 3.15. The average Bonchev–Trinajstić information content (AvgIpc) is 2.33. The van der Waals surface area contributed by atoms with Gasteiger partial charge in [0.25, 0.3) is 0 Å². The molecular formula is C5H3BrN4. The molecule has 2 rings (SSSR count). The molecule has 0 N–H and O–H groups in total. The van der Waals surface area contributed by atoms with Crippen molar-refractivity contribution in [1.82, 2.24) is 19.6 Å². The minimum atomic E-state index is 0.584. The second kappa shape index (κ2) is 2.02. The summed E-state index contributed by atoms with van der Waals surface area (Å²) in [6.45, 7) is 0. The molecule has 0 saturated carbocycles. The molecule has 0 bridgehead atoms. The van der Waals surface area contributed by atoms with Crippen LogP contribution in [0.4, 0.5) is 0 Å². The Morgan fingerprint density at radius 3 is 3.30 bits per heavy atom. The minimum Gasteiger partial charge on any atom is -0.210 e. The van der Waals surface area contributed by atoms with Gasteiger partial charge in [-0.3, -0.25) is 0 Å². The molecule has 0 aliphatic carbocycles. The first kappa shape index (κ1) is 5.79. The van der Waals surface area contributed by atoms with Crippen LogP contribution in [0.15, 0.2) is 23.3 Å². The molecule has 0 unspecified atom stereocenters. The topological polar surface area (TPSA) is 43.1 Å². The fourth-order valence-electron chi connectivity index (χ4n) is 0.711. The molecule has 50 valence electrons. The van der Waals surface area contributed by atoms with E-state index >= 15 is 0 Å². The lowest BCUT2D eigenvalue weighted by atomic mass is 10.7. The summed E-state index contributed by atoms with van der Waals surface area (Å²) in [7, 11) is 0. The van der Waals surface area contributed by atoms with Crippen molar-refractivity contribution in [1.29, 1.82) is 0 Å². The number of hydrogen-bond acceptors (Lipinski definition) is 3. The van der Waals surface area contributed by atoms with Gasteiger partial charge in [0.2, 0.25) is 0 Å². The molecule has 0 radical (unpaired) electrons. The van der Waals surface area contributed by atoms with Crippen LogP contribution in [0.25, 0.3) is 5.65 Å². The highest BCUT2D eigenvalue weighted by atomic mass is 79.9. The highest BCUT2D eigenvalue weighted by Crippen LogP contribution is 2.02. The van der Waals surface area contributed by atoms with Gasteiger partial charge in [0, 0.05) is 6.07 Å². The standard InChI is InChI=1S/C5H3BrN4/c6-5-7-3-10-4(9-5)1-2-8-10/h1-3H. The SMILES string of the molecule is Brc1ncn2nccc2n1. The van der Waals surface area contributed by atoms with Crippen molar-refractivity contribution in [2.45, 2.75) is 0 Å². The van der Waals surface area contributed by atoms with Crippen LogP contribution < -0.4 is 0 Å². The van der Waals surface area contributed by atoms with Gasteiger partial charge in [0.15, 0.2) is 10.4 Å². The van der Waals surface area contributed by atoms with E-state index < -0.39 is 0 Å². The van der Waals surface area contributed by atoms with Crippen LogP contribution in [-0.4, -0.2) is 19.6 Å². The van der Waals surface area contributed by atoms with E-state index in [1.807, 2.05) is 6.07 Å². The normalized spacial score (nSPS) is 10.5. The monoisotopic (exact) mass is 198 g/mol. The third kappa shape index (κ3) is 0.786. The molecule has 2 aromatic heterocycles. The fourth-order valence-corrected chi connectivity index (χ4v) is 0.984. The van der Waals surface area contributed by atoms with Gasteiger partial charge in [-0.1, -0.05) is 0 Å². The summed E-state index contributed by atoms with van der Waals surface area (Å²) < 4.78 is 2.19. The average molecular weight is 199 g/mol. The van der Waals surface area contributed by atoms with Crippen molar-refractivity contribution in [3.05, 3.63) is 23.3 Å². The molecule has 0 aromatic carbocycles. The number of halogens is 1. The van der Waals surface area contributed by atoms with Crippen LogP contribution in [-0.2, 0) is 0 Å². The van der Waals surface area contributed by atoms with Crippen LogP contribution in [0.1, 0.15) is 0 Å². The van der Waals surface area contributed by atoms with Crippen LogP contribution in [0.3, 0.4) is 0 Å². The summed E-state index contributed by atoms with van der Waals surface area (Å²) in [4.78, 5) is 7.93. The maximum Gasteiger partial charge on any atom is 0.200 e. The number of rotatable bonds is 0. The molecule has 0 atom stereocenters. The second-order valence-electron chi connectivity index (χ2n) is 1.76. The van der Waals surface area contributed by atoms with E-state index in [-0.39, 0.29) is 0 Å². The number of fused-ring (bicyclic) bond motifs is 1. The Labute approximate surface area is 65.0 Å². The van der Waals surface area contributed by atoms with Gasteiger partial charge in [0.05, 0.1) is 6.20 Å². The van der Waals surface area contributed by atoms with E-state index in [1.54, 1.807) is 17.0 Å². The first-order valence-electron chi connectivity index (χ1n) is 2.68. The smallest absolute Gasteiger partial charge is 0.200 e. The van der Waals surface area contributed by atoms with Crippen LogP contribution in [0, 0.1) is 0 Å². The van der Waals surface area contributed by atoms with E-state index in [0.717, 1.165) is 5.65 Å². The molecule has 10 heavy (non-hydrogen) atoms. The Morgan fingerprint density at radius 1 is 1.50 bits per heavy atom. The van der Waals surface area contributed by atoms with E-state index in [9.17, 15) is 0 Å². The Kier molecular flexibility index (Phi) is 1.17. The lowest BCUT2D eigenvalue weighted by Gasteiger charge is -1.89. The predicted octanol–water partition coefficient (Wildman–Crippen LogP) is 0.887. The van der Waals surface area contributed by atoms with Gasteiger partial charge in [-0.15, -0.1) is 0 Å². The van der Waals surface area contributed by atoms with Crippen molar-refractivity contribution in [2.75, 3.05) is 0 Å². The first-order chi connectivity index (χ1) is 4.86. The summed E-state index contributed by atoms with van der Waals surface area (Å²) in [5.74, 6) is 0. The van der Waals surface area contributed by atoms with Crippen LogP contribution in [0.2, 0.25) is 0 Å². The quantitative estimate of drug-likeness (QED) is 0.632. The lowest BCUT2D eigenvalue weighted by Crippen LogP contribution is -1.91. The molecule has 2 heterocycles. The van der Waals surface area contributed by atoms with Gasteiger partial charge < -0.3 is 0 Å². The van der Waals surface area contributed by atoms with E-state index in [0.29, 0.717) is 4.73 Å². The Balaban J connectivity index is 2.86. The zero-order valence-corrected chi connectivity index (χ0v) is 6.48. The van der Waals surface area contributed by atoms with Crippen molar-refractivity contribution < 1.29 is 0 Å². The molecule has 5 heteroatoms. The Morgan fingerprint density at radius 2 is 2.40 bits per heavy atom. The van der Waals surface area contributed by atoms with Gasteiger partial charge in [-0.05, 0) is 15.9 Å². The summed E-state index contributed by atoms with van der Waals surface area (Å²) in [5.41, 5.74) is 0.793. The molecule has 2 aromatic rings. The molecule has 0 aliphatic rings. The third-order valence-corrected chi connectivity index (χ3v) is 1.51. The molecule has 0 spiro atoms. The third-order valence-electron chi connectivity index (χ3n) is 1.13. The number of nitrogens with zero attached hydrogens (tertiary/aromatic N) is 4. The minimum absolute atomic E-state index is 0.584. The van der Waals surface area contributed by atoms with Gasteiger partial charge in [-0.2, -0.15) is 5.10 Å². The molecular weight excluding hydrogens is 196 g/mol. The summed E-state index contributed by atoms with van der Waals surface area (Å²) in [6.07, 6.45) is 3.28. The number of hydrogen-bond donors (Lipinski definition) is 0. The van der Waals surface area contributed by atoms with Crippen LogP contribution in [0.5, 0.6) is 0 Å². The van der Waals surface area contributed by atoms with E-state index in [1.165, 1.54) is 0 Å². The second-order valence-corrected chi connectivity index (χ2v) is 2.47. The molecule has 0 saturated heterocycles. The van der Waals surface area contributed by atoms with Gasteiger partial charge in [-0.25, -0.2) is 14.5 Å².